The van der Waals surface area contributed by atoms with Gasteiger partial charge >= 0.3 is 5.97 Å². The molecule has 0 radical (unpaired) electrons. The smallest absolute Gasteiger partial charge is 0.353 e. The first-order valence-corrected chi connectivity index (χ1v) is 10.9. The lowest BCUT2D eigenvalue weighted by Crippen LogP contribution is -2.71. The molecule has 164 valence electrons. The van der Waals surface area contributed by atoms with E-state index < -0.39 is 45.7 Å². The van der Waals surface area contributed by atoms with Crippen LogP contribution in [0.5, 0.6) is 0 Å². The van der Waals surface area contributed by atoms with Crippen LogP contribution in [0.4, 0.5) is 9.52 Å². The number of fused-ring (bicyclic) bond motifs is 1. The number of aliphatic carboxylic acids is 1. The summed E-state index contributed by atoms with van der Waals surface area (Å²) in [6, 6.07) is -1.12. The Morgan fingerprint density at radius 2 is 2.19 bits per heavy atom. The number of halogens is 1. The van der Waals surface area contributed by atoms with Crippen LogP contribution in [0.3, 0.4) is 0 Å². The number of oxime groups is 1. The second kappa shape index (κ2) is 8.94. The summed E-state index contributed by atoms with van der Waals surface area (Å²) in [6.45, 7) is 0. The van der Waals surface area contributed by atoms with Gasteiger partial charge in [-0.05, 0) is 11.5 Å². The zero-order chi connectivity index (χ0) is 22.9. The van der Waals surface area contributed by atoms with E-state index in [0.717, 1.165) is 16.7 Å². The van der Waals surface area contributed by atoms with Crippen LogP contribution in [0.15, 0.2) is 27.2 Å². The molecule has 16 heteroatoms. The first kappa shape index (κ1) is 22.6. The van der Waals surface area contributed by atoms with E-state index in [-0.39, 0.29) is 22.4 Å². The molecule has 1 unspecified atom stereocenters. The number of anilines is 1. The molecule has 0 bridgehead atoms. The van der Waals surface area contributed by atoms with Gasteiger partial charge in [-0.15, -0.1) is 11.8 Å². The van der Waals surface area contributed by atoms with Crippen LogP contribution < -0.4 is 16.8 Å². The largest absolute Gasteiger partial charge is 0.477 e. The van der Waals surface area contributed by atoms with Crippen LogP contribution in [0.25, 0.3) is 0 Å². The zero-order valence-corrected chi connectivity index (χ0v) is 17.7. The quantitative estimate of drug-likeness (QED) is 0.0990. The number of hydrogen-bond acceptors (Lipinski definition) is 11. The van der Waals surface area contributed by atoms with E-state index in [9.17, 15) is 23.9 Å². The van der Waals surface area contributed by atoms with Gasteiger partial charge in [-0.25, -0.2) is 9.78 Å². The second-order valence-corrected chi connectivity index (χ2v) is 9.02. The number of nitrogens with one attached hydrogen (secondary N) is 2. The van der Waals surface area contributed by atoms with Crippen molar-refractivity contribution in [2.75, 3.05) is 11.5 Å². The summed E-state index contributed by atoms with van der Waals surface area (Å²) < 4.78 is 13.8. The molecule has 1 fully saturated rings. The summed E-state index contributed by atoms with van der Waals surface area (Å²) >= 11 is 2.66. The number of carbonyl (C=O) groups is 3. The van der Waals surface area contributed by atoms with Crippen molar-refractivity contribution in [2.45, 2.75) is 11.4 Å². The number of carbonyl (C=O) groups excluding carboxylic acids is 2. The molecule has 0 saturated carbocycles. The highest BCUT2D eigenvalue weighted by atomic mass is 32.2. The number of amides is 2. The molecule has 2 aliphatic rings. The maximum atomic E-state index is 13.8. The van der Waals surface area contributed by atoms with E-state index in [1.54, 1.807) is 0 Å². The van der Waals surface area contributed by atoms with Gasteiger partial charge in [-0.3, -0.25) is 19.9 Å². The van der Waals surface area contributed by atoms with Crippen molar-refractivity contribution >= 4 is 69.3 Å². The molecule has 2 atom stereocenters. The van der Waals surface area contributed by atoms with Crippen molar-refractivity contribution in [2.24, 2.45) is 10.9 Å². The number of thioether (sulfide) groups is 2. The highest BCUT2D eigenvalue weighted by Crippen LogP contribution is 2.43. The maximum absolute atomic E-state index is 13.8. The van der Waals surface area contributed by atoms with Gasteiger partial charge in [0.05, 0.1) is 0 Å². The molecule has 2 aliphatic heterocycles. The molecule has 1 saturated heterocycles. The summed E-state index contributed by atoms with van der Waals surface area (Å²) in [6.07, 6.45) is 1.27. The summed E-state index contributed by atoms with van der Waals surface area (Å²) in [5.41, 5.74) is 9.02. The fourth-order valence-corrected chi connectivity index (χ4v) is 5.65. The summed E-state index contributed by atoms with van der Waals surface area (Å²) in [4.78, 5) is 41.8. The number of nitrogens with two attached hydrogens (primary N) is 2. The van der Waals surface area contributed by atoms with Gasteiger partial charge in [-0.2, -0.15) is 4.39 Å². The fraction of sp³-hybridized carbons (Fsp3) is 0.200. The average Bonchev–Trinajstić information content (AvgIpc) is 3.03. The predicted molar refractivity (Wildman–Crippen MR) is 113 cm³/mol. The molecular weight excluding hydrogens is 473 g/mol. The van der Waals surface area contributed by atoms with Crippen molar-refractivity contribution < 1.29 is 29.1 Å². The van der Waals surface area contributed by atoms with Crippen LogP contribution in [0.1, 0.15) is 5.69 Å². The summed E-state index contributed by atoms with van der Waals surface area (Å²) in [5, 5.41) is 30.5. The number of nitrogen functional groups attached to an aromatic ring is 1. The molecule has 1 aromatic heterocycles. The van der Waals surface area contributed by atoms with E-state index in [1.165, 1.54) is 23.2 Å². The Hall–Kier alpha value is -3.11. The van der Waals surface area contributed by atoms with Gasteiger partial charge < -0.3 is 27.1 Å². The Morgan fingerprint density at radius 3 is 2.74 bits per heavy atom. The highest BCUT2D eigenvalue weighted by Gasteiger charge is 2.54. The molecule has 3 rings (SSSR count). The second-order valence-electron chi connectivity index (χ2n) is 5.94. The molecule has 1 aromatic rings. The average molecular weight is 488 g/mol. The maximum Gasteiger partial charge on any atom is 0.353 e. The third-order valence-electron chi connectivity index (χ3n) is 4.02. The Balaban J connectivity index is 1.78. The first-order chi connectivity index (χ1) is 14.6. The molecule has 12 nitrogen and oxygen atoms in total. The highest BCUT2D eigenvalue weighted by molar-refractivity contribution is 8.08. The van der Waals surface area contributed by atoms with Crippen LogP contribution in [0, 0.1) is 10.5 Å². The van der Waals surface area contributed by atoms with Crippen molar-refractivity contribution in [3.8, 4) is 0 Å². The van der Waals surface area contributed by atoms with Crippen LogP contribution >= 0.6 is 34.9 Å². The lowest BCUT2D eigenvalue weighted by Gasteiger charge is -2.49. The lowest BCUT2D eigenvalue weighted by atomic mass is 10.0. The number of rotatable bonds is 7. The molecule has 8 N–H and O–H groups in total. The van der Waals surface area contributed by atoms with Crippen molar-refractivity contribution in [3.63, 3.8) is 0 Å². The van der Waals surface area contributed by atoms with Crippen molar-refractivity contribution in [1.29, 1.82) is 5.41 Å². The lowest BCUT2D eigenvalue weighted by molar-refractivity contribution is -0.150. The van der Waals surface area contributed by atoms with Crippen molar-refractivity contribution in [3.05, 3.63) is 32.9 Å². The van der Waals surface area contributed by atoms with E-state index in [2.05, 4.69) is 15.5 Å². The normalized spacial score (nSPS) is 21.1. The standard InChI is InChI=1S/C15H14FN7O5S3/c16-10-6(21-15(19)31-10)7(22-28)11(24)20-8-12(25)23-9(14(26)27)4(3-30-13(8)23)29-2-1-5(17)18/h1-2,8,13,28H,3H2,(H3,17,18)(H2,19,21)(H,20,24)(H,26,27)/b2-1-,22-7-/t8?,13-/m1/s1. The Bertz CT molecular complexity index is 1070. The minimum atomic E-state index is -1.33. The molecule has 0 aromatic carbocycles. The molecule has 31 heavy (non-hydrogen) atoms. The summed E-state index contributed by atoms with van der Waals surface area (Å²) in [7, 11) is 0. The van der Waals surface area contributed by atoms with E-state index in [0.29, 0.717) is 16.2 Å². The van der Waals surface area contributed by atoms with E-state index in [4.69, 9.17) is 22.1 Å². The Labute approximate surface area is 185 Å². The number of hydrogen-bond donors (Lipinski definition) is 6. The van der Waals surface area contributed by atoms with E-state index >= 15 is 0 Å². The SMILES string of the molecule is N=C(N)/C=C\SC1=C(C(=O)O)N2C(=O)C(NC(=O)/C(=N\O)c3nc(N)sc3F)[C@H]2SC1. The van der Waals surface area contributed by atoms with Gasteiger partial charge in [-0.1, -0.05) is 28.3 Å². The van der Waals surface area contributed by atoms with Gasteiger partial charge in [0.2, 0.25) is 5.13 Å². The van der Waals surface area contributed by atoms with Crippen LogP contribution in [0.2, 0.25) is 0 Å². The van der Waals surface area contributed by atoms with Gasteiger partial charge in [0.15, 0.2) is 10.8 Å². The number of amidine groups is 1. The third-order valence-corrected chi connectivity index (χ3v) is 7.05. The minimum Gasteiger partial charge on any atom is -0.477 e. The topological polar surface area (TPSA) is 208 Å². The molecule has 2 amide bonds. The van der Waals surface area contributed by atoms with Crippen molar-refractivity contribution in [1.82, 2.24) is 15.2 Å². The predicted octanol–water partition coefficient (Wildman–Crippen LogP) is -0.0783. The van der Waals surface area contributed by atoms with Crippen LogP contribution in [-0.4, -0.2) is 66.7 Å². The van der Waals surface area contributed by atoms with Gasteiger partial charge in [0.1, 0.15) is 28.6 Å². The molecule has 0 aliphatic carbocycles. The third kappa shape index (κ3) is 4.35. The minimum absolute atomic E-state index is 0.185. The van der Waals surface area contributed by atoms with Gasteiger partial charge in [0.25, 0.3) is 11.8 Å². The first-order valence-electron chi connectivity index (χ1n) is 8.19. The number of β-lactam (4-membered cyclic amide) rings is 1. The fourth-order valence-electron chi connectivity index (χ4n) is 2.74. The Morgan fingerprint density at radius 1 is 1.48 bits per heavy atom. The monoisotopic (exact) mass is 487 g/mol. The molecule has 0 spiro atoms. The Kier molecular flexibility index (Phi) is 6.51. The van der Waals surface area contributed by atoms with Crippen LogP contribution in [-0.2, 0) is 14.4 Å². The number of nitrogens with zero attached hydrogens (tertiary/aromatic N) is 3. The molecule has 3 heterocycles. The number of carboxylic acid groups (broad SMARTS) is 1. The van der Waals surface area contributed by atoms with E-state index in [1.807, 2.05) is 0 Å². The van der Waals surface area contributed by atoms with Gasteiger partial charge in [0, 0.05) is 10.7 Å². The number of thiazole rings is 1. The molecular formula is C15H14FN7O5S3. The summed E-state index contributed by atoms with van der Waals surface area (Å²) in [5.74, 6) is -3.11. The number of aromatic nitrogens is 1. The zero-order valence-electron chi connectivity index (χ0n) is 15.2. The number of carboxylic acids is 1.